The third-order valence-electron chi connectivity index (χ3n) is 5.14. The van der Waals surface area contributed by atoms with Gasteiger partial charge in [0, 0.05) is 30.2 Å². The number of aryl methyl sites for hydroxylation is 1. The molecule has 9 heteroatoms. The van der Waals surface area contributed by atoms with Crippen molar-refractivity contribution in [2.45, 2.75) is 26.3 Å². The van der Waals surface area contributed by atoms with E-state index in [1.54, 1.807) is 54.9 Å². The lowest BCUT2D eigenvalue weighted by molar-refractivity contribution is 0.343. The fourth-order valence-electron chi connectivity index (χ4n) is 3.38. The maximum atomic E-state index is 10.9. The van der Waals surface area contributed by atoms with Crippen molar-refractivity contribution in [3.63, 3.8) is 0 Å². The van der Waals surface area contributed by atoms with Crippen LogP contribution in [0.2, 0.25) is 0 Å². The molecule has 4 aromatic rings. The topological polar surface area (TPSA) is 111 Å². The first kappa shape index (κ1) is 20.2. The number of nitriles is 1. The van der Waals surface area contributed by atoms with Crippen LogP contribution in [0.15, 0.2) is 36.8 Å². The molecule has 9 nitrogen and oxygen atoms in total. The summed E-state index contributed by atoms with van der Waals surface area (Å²) in [5.41, 5.74) is 2.10. The van der Waals surface area contributed by atoms with Crippen molar-refractivity contribution in [3.8, 4) is 40.7 Å². The highest BCUT2D eigenvalue weighted by Crippen LogP contribution is 2.35. The number of hydrogen-bond donors (Lipinski definition) is 1. The molecule has 0 saturated carbocycles. The van der Waals surface area contributed by atoms with E-state index in [0.717, 1.165) is 11.1 Å². The van der Waals surface area contributed by atoms with Crippen molar-refractivity contribution in [2.75, 3.05) is 14.2 Å². The highest BCUT2D eigenvalue weighted by Gasteiger charge is 2.22. The highest BCUT2D eigenvalue weighted by molar-refractivity contribution is 5.90. The van der Waals surface area contributed by atoms with E-state index < -0.39 is 5.54 Å². The smallest absolute Gasteiger partial charge is 0.256 e. The zero-order valence-corrected chi connectivity index (χ0v) is 17.9. The Morgan fingerprint density at radius 3 is 2.65 bits per heavy atom. The summed E-state index contributed by atoms with van der Waals surface area (Å²) in [6, 6.07) is 7.64. The molecular formula is C22H22N6O3. The van der Waals surface area contributed by atoms with Gasteiger partial charge in [-0.2, -0.15) is 10.4 Å². The van der Waals surface area contributed by atoms with Gasteiger partial charge in [-0.05, 0) is 38.5 Å². The average Bonchev–Trinajstić information content (AvgIpc) is 3.38. The van der Waals surface area contributed by atoms with Crippen LogP contribution in [0.3, 0.4) is 0 Å². The minimum atomic E-state index is -0.803. The molecule has 4 aromatic heterocycles. The van der Waals surface area contributed by atoms with E-state index in [1.165, 1.54) is 7.11 Å². The van der Waals surface area contributed by atoms with Crippen LogP contribution in [0.5, 0.6) is 17.5 Å². The van der Waals surface area contributed by atoms with E-state index in [0.29, 0.717) is 34.0 Å². The molecule has 0 unspecified atom stereocenters. The number of nitrogens with zero attached hydrogens (tertiary/aromatic N) is 6. The van der Waals surface area contributed by atoms with Gasteiger partial charge >= 0.3 is 0 Å². The Bertz CT molecular complexity index is 1330. The third kappa shape index (κ3) is 3.32. The molecular weight excluding hydrogens is 396 g/mol. The second-order valence-electron chi connectivity index (χ2n) is 7.63. The predicted molar refractivity (Wildman–Crippen MR) is 115 cm³/mol. The molecule has 0 aliphatic rings. The van der Waals surface area contributed by atoms with Crippen LogP contribution in [0, 0.1) is 18.3 Å². The van der Waals surface area contributed by atoms with Gasteiger partial charge in [0.15, 0.2) is 11.6 Å². The zero-order chi connectivity index (χ0) is 22.3. The fraction of sp³-hybridized carbons (Fsp3) is 0.273. The van der Waals surface area contributed by atoms with Crippen molar-refractivity contribution in [2.24, 2.45) is 0 Å². The quantitative estimate of drug-likeness (QED) is 0.527. The second kappa shape index (κ2) is 7.32. The standard InChI is InChI=1S/C22H22N6O3/c1-13-8-15(14-9-17(30-4)20(31-5)24-10-14)25-16-11-27(21(29)19(13)16)18-6-7-28(26-18)22(2,3)12-23/h6-11,29H,1-5H3. The number of rotatable bonds is 5. The van der Waals surface area contributed by atoms with Gasteiger partial charge in [0.2, 0.25) is 5.88 Å². The minimum absolute atomic E-state index is 0.0389. The highest BCUT2D eigenvalue weighted by atomic mass is 16.5. The van der Waals surface area contributed by atoms with Crippen molar-refractivity contribution >= 4 is 10.9 Å². The molecule has 0 bridgehead atoms. The van der Waals surface area contributed by atoms with Gasteiger partial charge in [-0.15, -0.1) is 0 Å². The van der Waals surface area contributed by atoms with Crippen LogP contribution < -0.4 is 9.47 Å². The summed E-state index contributed by atoms with van der Waals surface area (Å²) in [5, 5.41) is 25.3. The SMILES string of the molecule is COc1cc(-c2cc(C)c3c(O)n(-c4ccn(C(C)(C)C#N)n4)cc3n2)cnc1OC. The van der Waals surface area contributed by atoms with Gasteiger partial charge in [0.1, 0.15) is 5.54 Å². The third-order valence-corrected chi connectivity index (χ3v) is 5.14. The maximum Gasteiger partial charge on any atom is 0.256 e. The molecule has 0 amide bonds. The Morgan fingerprint density at radius 1 is 1.19 bits per heavy atom. The maximum absolute atomic E-state index is 10.9. The monoisotopic (exact) mass is 418 g/mol. The molecule has 158 valence electrons. The molecule has 31 heavy (non-hydrogen) atoms. The Hall–Kier alpha value is -4.06. The van der Waals surface area contributed by atoms with Crippen LogP contribution in [0.1, 0.15) is 19.4 Å². The van der Waals surface area contributed by atoms with Crippen LogP contribution in [0.25, 0.3) is 28.0 Å². The normalized spacial score (nSPS) is 11.5. The molecule has 0 aliphatic carbocycles. The first-order valence-electron chi connectivity index (χ1n) is 9.57. The molecule has 0 saturated heterocycles. The molecule has 0 aliphatic heterocycles. The molecule has 0 fully saturated rings. The second-order valence-corrected chi connectivity index (χ2v) is 7.63. The zero-order valence-electron chi connectivity index (χ0n) is 17.9. The van der Waals surface area contributed by atoms with Crippen LogP contribution in [-0.2, 0) is 5.54 Å². The molecule has 0 radical (unpaired) electrons. The van der Waals surface area contributed by atoms with Crippen molar-refractivity contribution in [3.05, 3.63) is 42.4 Å². The first-order chi connectivity index (χ1) is 14.8. The number of hydrogen-bond acceptors (Lipinski definition) is 7. The van der Waals surface area contributed by atoms with Crippen LogP contribution in [0.4, 0.5) is 0 Å². The molecule has 1 N–H and O–H groups in total. The summed E-state index contributed by atoms with van der Waals surface area (Å²) in [6.07, 6.45) is 5.10. The Kier molecular flexibility index (Phi) is 4.78. The largest absolute Gasteiger partial charge is 0.494 e. The summed E-state index contributed by atoms with van der Waals surface area (Å²) in [4.78, 5) is 8.99. The van der Waals surface area contributed by atoms with Gasteiger partial charge in [-0.3, -0.25) is 9.25 Å². The number of aromatic hydroxyl groups is 1. The fourth-order valence-corrected chi connectivity index (χ4v) is 3.38. The van der Waals surface area contributed by atoms with E-state index in [1.807, 2.05) is 19.1 Å². The first-order valence-corrected chi connectivity index (χ1v) is 9.57. The van der Waals surface area contributed by atoms with Gasteiger partial charge in [-0.1, -0.05) is 0 Å². The van der Waals surface area contributed by atoms with Crippen molar-refractivity contribution in [1.29, 1.82) is 5.26 Å². The number of methoxy groups -OCH3 is 2. The van der Waals surface area contributed by atoms with E-state index in [-0.39, 0.29) is 5.88 Å². The molecule has 4 rings (SSSR count). The lowest BCUT2D eigenvalue weighted by Gasteiger charge is -2.15. The summed E-state index contributed by atoms with van der Waals surface area (Å²) in [5.74, 6) is 1.43. The van der Waals surface area contributed by atoms with Crippen molar-refractivity contribution in [1.82, 2.24) is 24.3 Å². The summed E-state index contributed by atoms with van der Waals surface area (Å²) < 4.78 is 13.7. The summed E-state index contributed by atoms with van der Waals surface area (Å²) in [6.45, 7) is 5.44. The van der Waals surface area contributed by atoms with E-state index in [9.17, 15) is 10.4 Å². The van der Waals surface area contributed by atoms with E-state index in [2.05, 4.69) is 16.2 Å². The summed E-state index contributed by atoms with van der Waals surface area (Å²) >= 11 is 0. The Balaban J connectivity index is 1.82. The number of aromatic nitrogens is 5. The number of ether oxygens (including phenoxy) is 2. The van der Waals surface area contributed by atoms with Crippen LogP contribution >= 0.6 is 0 Å². The lowest BCUT2D eigenvalue weighted by atomic mass is 10.1. The van der Waals surface area contributed by atoms with Gasteiger partial charge < -0.3 is 14.6 Å². The van der Waals surface area contributed by atoms with Gasteiger partial charge in [-0.25, -0.2) is 9.97 Å². The molecule has 0 atom stereocenters. The van der Waals surface area contributed by atoms with E-state index in [4.69, 9.17) is 14.5 Å². The number of fused-ring (bicyclic) bond motifs is 1. The van der Waals surface area contributed by atoms with Crippen molar-refractivity contribution < 1.29 is 14.6 Å². The molecule has 4 heterocycles. The van der Waals surface area contributed by atoms with Gasteiger partial charge in [0.05, 0.1) is 36.9 Å². The minimum Gasteiger partial charge on any atom is -0.494 e. The average molecular weight is 418 g/mol. The lowest BCUT2D eigenvalue weighted by Crippen LogP contribution is -2.24. The molecule has 0 spiro atoms. The summed E-state index contributed by atoms with van der Waals surface area (Å²) in [7, 11) is 3.08. The van der Waals surface area contributed by atoms with Crippen LogP contribution in [-0.4, -0.2) is 43.6 Å². The Labute approximate surface area is 179 Å². The van der Waals surface area contributed by atoms with Gasteiger partial charge in [0.25, 0.3) is 5.88 Å². The Morgan fingerprint density at radius 2 is 1.97 bits per heavy atom. The van der Waals surface area contributed by atoms with E-state index >= 15 is 0 Å². The molecule has 0 aromatic carbocycles. The predicted octanol–water partition coefficient (Wildman–Crippen LogP) is 3.57. The number of pyridine rings is 2.